The summed E-state index contributed by atoms with van der Waals surface area (Å²) in [7, 11) is -2.34. The van der Waals surface area contributed by atoms with E-state index < -0.39 is 10.0 Å². The van der Waals surface area contributed by atoms with E-state index in [0.29, 0.717) is 24.8 Å². The van der Waals surface area contributed by atoms with Gasteiger partial charge in [0.25, 0.3) is 10.0 Å². The summed E-state index contributed by atoms with van der Waals surface area (Å²) in [6, 6.07) is 15.5. The van der Waals surface area contributed by atoms with Crippen LogP contribution in [0.5, 0.6) is 0 Å². The van der Waals surface area contributed by atoms with Crippen LogP contribution < -0.4 is 4.83 Å². The molecule has 0 spiro atoms. The fourth-order valence-corrected chi connectivity index (χ4v) is 3.08. The Balaban J connectivity index is 1.91. The van der Waals surface area contributed by atoms with Crippen molar-refractivity contribution in [2.45, 2.75) is 31.1 Å². The Morgan fingerprint density at radius 2 is 1.69 bits per heavy atom. The van der Waals surface area contributed by atoms with Gasteiger partial charge in [0.15, 0.2) is 5.78 Å². The molecule has 2 aromatic rings. The normalized spacial score (nSPS) is 11.8. The van der Waals surface area contributed by atoms with Crippen LogP contribution in [0, 0.1) is 6.92 Å². The number of carbonyl (C=O) groups is 1. The first-order chi connectivity index (χ1) is 12.4. The zero-order chi connectivity index (χ0) is 19.0. The van der Waals surface area contributed by atoms with Gasteiger partial charge in [-0.25, -0.2) is 0 Å². The highest BCUT2D eigenvalue weighted by Crippen LogP contribution is 2.11. The van der Waals surface area contributed by atoms with E-state index in [0.717, 1.165) is 5.56 Å². The van der Waals surface area contributed by atoms with E-state index in [9.17, 15) is 13.2 Å². The summed E-state index contributed by atoms with van der Waals surface area (Å²) in [5.41, 5.74) is 1.62. The van der Waals surface area contributed by atoms with Crippen molar-refractivity contribution in [3.63, 3.8) is 0 Å². The largest absolute Gasteiger partial charge is 0.483 e. The lowest BCUT2D eigenvalue weighted by Gasteiger charge is -2.07. The standard InChI is InChI=1S/C19H22N2O4S/c1-15-11-13-17(14-12-15)26(23,24)21-20-19(25-2)10-6-9-18(22)16-7-4-3-5-8-16/h3-5,7-8,11-14,21H,6,9-10H2,1-2H3. The number of hydrogen-bond donors (Lipinski definition) is 1. The average Bonchev–Trinajstić information content (AvgIpc) is 2.65. The molecule has 0 amide bonds. The maximum atomic E-state index is 12.2. The molecule has 0 aromatic heterocycles. The number of hydrogen-bond acceptors (Lipinski definition) is 5. The van der Waals surface area contributed by atoms with Crippen LogP contribution in [0.2, 0.25) is 0 Å². The number of ether oxygens (including phenoxy) is 1. The van der Waals surface area contributed by atoms with Gasteiger partial charge >= 0.3 is 0 Å². The van der Waals surface area contributed by atoms with Crippen molar-refractivity contribution >= 4 is 21.7 Å². The Morgan fingerprint density at radius 3 is 2.31 bits per heavy atom. The fourth-order valence-electron chi connectivity index (χ4n) is 2.25. The van der Waals surface area contributed by atoms with Gasteiger partial charge in [0.2, 0.25) is 5.90 Å². The van der Waals surface area contributed by atoms with Crippen molar-refractivity contribution < 1.29 is 17.9 Å². The molecular weight excluding hydrogens is 352 g/mol. The van der Waals surface area contributed by atoms with E-state index in [-0.39, 0.29) is 16.6 Å². The Labute approximate surface area is 153 Å². The average molecular weight is 374 g/mol. The van der Waals surface area contributed by atoms with Crippen LogP contribution in [0.1, 0.15) is 35.2 Å². The van der Waals surface area contributed by atoms with Crippen LogP contribution in [0.15, 0.2) is 64.6 Å². The van der Waals surface area contributed by atoms with Crippen LogP contribution in [0.3, 0.4) is 0 Å². The van der Waals surface area contributed by atoms with Crippen LogP contribution in [0.4, 0.5) is 0 Å². The van der Waals surface area contributed by atoms with Crippen molar-refractivity contribution in [1.82, 2.24) is 4.83 Å². The molecule has 1 N–H and O–H groups in total. The van der Waals surface area contributed by atoms with Gasteiger partial charge in [-0.2, -0.15) is 13.2 Å². The topological polar surface area (TPSA) is 84.8 Å². The van der Waals surface area contributed by atoms with E-state index in [2.05, 4.69) is 9.93 Å². The summed E-state index contributed by atoms with van der Waals surface area (Å²) in [4.78, 5) is 14.3. The number of ketones is 1. The molecule has 0 saturated heterocycles. The molecule has 2 rings (SSSR count). The van der Waals surface area contributed by atoms with Crippen LogP contribution >= 0.6 is 0 Å². The third-order valence-electron chi connectivity index (χ3n) is 3.75. The summed E-state index contributed by atoms with van der Waals surface area (Å²) in [5, 5.41) is 3.83. The smallest absolute Gasteiger partial charge is 0.276 e. The lowest BCUT2D eigenvalue weighted by molar-refractivity contribution is 0.0980. The molecular formula is C19H22N2O4S. The van der Waals surface area contributed by atoms with Gasteiger partial charge in [-0.3, -0.25) is 4.79 Å². The van der Waals surface area contributed by atoms with Gasteiger partial charge in [0, 0.05) is 18.4 Å². The number of carbonyl (C=O) groups excluding carboxylic acids is 1. The minimum Gasteiger partial charge on any atom is -0.483 e. The SMILES string of the molecule is COC(CCCC(=O)c1ccccc1)=NNS(=O)(=O)c1ccc(C)cc1. The van der Waals surface area contributed by atoms with Gasteiger partial charge in [-0.05, 0) is 25.5 Å². The third-order valence-corrected chi connectivity index (χ3v) is 4.97. The third kappa shape index (κ3) is 5.70. The number of sulfonamides is 1. The minimum atomic E-state index is -3.75. The molecule has 2 aromatic carbocycles. The molecule has 0 bridgehead atoms. The van der Waals surface area contributed by atoms with Crippen molar-refractivity contribution in [2.24, 2.45) is 5.10 Å². The van der Waals surface area contributed by atoms with E-state index in [4.69, 9.17) is 4.74 Å². The number of nitrogens with zero attached hydrogens (tertiary/aromatic N) is 1. The molecule has 138 valence electrons. The number of aryl methyl sites for hydroxylation is 1. The second-order valence-corrected chi connectivity index (χ2v) is 7.42. The van der Waals surface area contributed by atoms with Crippen molar-refractivity contribution in [1.29, 1.82) is 0 Å². The number of benzene rings is 2. The number of hydrazone groups is 1. The molecule has 0 radical (unpaired) electrons. The summed E-state index contributed by atoms with van der Waals surface area (Å²) in [6.45, 7) is 1.88. The summed E-state index contributed by atoms with van der Waals surface area (Å²) < 4.78 is 29.5. The molecule has 26 heavy (non-hydrogen) atoms. The first-order valence-corrected chi connectivity index (χ1v) is 9.68. The first-order valence-electron chi connectivity index (χ1n) is 8.19. The lowest BCUT2D eigenvalue weighted by atomic mass is 10.1. The zero-order valence-electron chi connectivity index (χ0n) is 14.8. The van der Waals surface area contributed by atoms with Crippen molar-refractivity contribution in [3.05, 3.63) is 65.7 Å². The maximum Gasteiger partial charge on any atom is 0.276 e. The van der Waals surface area contributed by atoms with Crippen molar-refractivity contribution in [3.8, 4) is 0 Å². The fraction of sp³-hybridized carbons (Fsp3) is 0.263. The summed E-state index contributed by atoms with van der Waals surface area (Å²) >= 11 is 0. The Bertz CT molecular complexity index is 860. The number of nitrogens with one attached hydrogen (secondary N) is 1. The van der Waals surface area contributed by atoms with Crippen LogP contribution in [0.25, 0.3) is 0 Å². The number of rotatable bonds is 8. The quantitative estimate of drug-likeness (QED) is 0.333. The van der Waals surface area contributed by atoms with Crippen molar-refractivity contribution in [2.75, 3.05) is 7.11 Å². The highest BCUT2D eigenvalue weighted by atomic mass is 32.2. The van der Waals surface area contributed by atoms with Gasteiger partial charge in [-0.1, -0.05) is 48.0 Å². The number of methoxy groups -OCH3 is 1. The highest BCUT2D eigenvalue weighted by Gasteiger charge is 2.13. The first kappa shape index (κ1) is 19.7. The predicted octanol–water partition coefficient (Wildman–Crippen LogP) is 3.29. The second-order valence-electron chi connectivity index (χ2n) is 5.76. The minimum absolute atomic E-state index is 0.0290. The van der Waals surface area contributed by atoms with Gasteiger partial charge < -0.3 is 4.74 Å². The Kier molecular flexibility index (Phi) is 6.91. The molecule has 0 heterocycles. The lowest BCUT2D eigenvalue weighted by Crippen LogP contribution is -2.21. The predicted molar refractivity (Wildman–Crippen MR) is 101 cm³/mol. The maximum absolute atomic E-state index is 12.2. The van der Waals surface area contributed by atoms with Gasteiger partial charge in [-0.15, -0.1) is 5.10 Å². The van der Waals surface area contributed by atoms with Gasteiger partial charge in [0.1, 0.15) is 0 Å². The summed E-state index contributed by atoms with van der Waals surface area (Å²) in [6.07, 6.45) is 1.19. The zero-order valence-corrected chi connectivity index (χ0v) is 15.6. The highest BCUT2D eigenvalue weighted by molar-refractivity contribution is 7.89. The van der Waals surface area contributed by atoms with Crippen LogP contribution in [-0.2, 0) is 14.8 Å². The second kappa shape index (κ2) is 9.15. The number of Topliss-reactive ketones (excluding diaryl/α,β-unsaturated/α-hetero) is 1. The molecule has 0 atom stereocenters. The molecule has 0 unspecified atom stereocenters. The molecule has 0 aliphatic rings. The van der Waals surface area contributed by atoms with Gasteiger partial charge in [0.05, 0.1) is 12.0 Å². The van der Waals surface area contributed by atoms with E-state index in [1.807, 2.05) is 25.1 Å². The monoisotopic (exact) mass is 374 g/mol. The van der Waals surface area contributed by atoms with E-state index in [1.54, 1.807) is 24.3 Å². The molecule has 0 aliphatic heterocycles. The molecule has 0 aliphatic carbocycles. The van der Waals surface area contributed by atoms with E-state index >= 15 is 0 Å². The molecule has 6 nitrogen and oxygen atoms in total. The Morgan fingerprint density at radius 1 is 1.04 bits per heavy atom. The van der Waals surface area contributed by atoms with Crippen LogP contribution in [-0.4, -0.2) is 27.2 Å². The van der Waals surface area contributed by atoms with E-state index in [1.165, 1.54) is 19.2 Å². The summed E-state index contributed by atoms with van der Waals surface area (Å²) in [5.74, 6) is 0.253. The molecule has 7 heteroatoms. The Hall–Kier alpha value is -2.67. The molecule has 0 saturated carbocycles. The molecule has 0 fully saturated rings.